The average molecular weight is 747 g/mol. The summed E-state index contributed by atoms with van der Waals surface area (Å²) in [5, 5.41) is 6.56. The summed E-state index contributed by atoms with van der Waals surface area (Å²) in [6, 6.07) is 50.3. The van der Waals surface area contributed by atoms with Crippen LogP contribution < -0.4 is 0 Å². The summed E-state index contributed by atoms with van der Waals surface area (Å²) < 4.78 is 61.5. The monoisotopic (exact) mass is 746 g/mol. The molecule has 0 fully saturated rings. The Morgan fingerprint density at radius 1 is 0.414 bits per heavy atom. The van der Waals surface area contributed by atoms with Gasteiger partial charge in [0, 0.05) is 49.5 Å². The highest BCUT2D eigenvalue weighted by atomic mass is 16.3. The van der Waals surface area contributed by atoms with E-state index in [2.05, 4.69) is 48.5 Å². The maximum atomic E-state index is 9.08. The molecule has 0 radical (unpaired) electrons. The number of hydrogen-bond donors (Lipinski definition) is 0. The second-order valence-electron chi connectivity index (χ2n) is 14.3. The standard InChI is InChI=1S/C53H32N4O/c1-3-13-33(14-4-1)45-31-39(57-47-21-11-9-19-42(47)43-20-10-12-22-48(43)57)32-46-44-28-26-38(30-49(44)58-50(45)46)53-55-51(35-16-5-2-6-17-35)54-52(56-53)37-25-27-41-36(29-37)24-23-34-15-7-8-18-40(34)41/h1-32H/i9D,10D,19D,20D,21D,22D. The van der Waals surface area contributed by atoms with Gasteiger partial charge in [-0.25, -0.2) is 15.0 Å². The zero-order chi connectivity index (χ0) is 43.4. The molecule has 0 spiro atoms. The molecule has 0 aliphatic carbocycles. The second kappa shape index (κ2) is 12.8. The van der Waals surface area contributed by atoms with Crippen LogP contribution in [0.4, 0.5) is 0 Å². The third kappa shape index (κ3) is 5.14. The smallest absolute Gasteiger partial charge is 0.164 e. The molecule has 0 atom stereocenters. The summed E-state index contributed by atoms with van der Waals surface area (Å²) in [5.74, 6) is 1.55. The highest BCUT2D eigenvalue weighted by Crippen LogP contribution is 2.41. The van der Waals surface area contributed by atoms with Crippen LogP contribution in [0.5, 0.6) is 0 Å². The van der Waals surface area contributed by atoms with Crippen molar-refractivity contribution in [1.29, 1.82) is 0 Å². The number of benzene rings is 9. The van der Waals surface area contributed by atoms with Gasteiger partial charge in [0.2, 0.25) is 0 Å². The Hall–Kier alpha value is -7.89. The van der Waals surface area contributed by atoms with Crippen molar-refractivity contribution in [3.63, 3.8) is 0 Å². The molecular formula is C53H32N4O. The van der Waals surface area contributed by atoms with Crippen LogP contribution in [0.1, 0.15) is 8.22 Å². The van der Waals surface area contributed by atoms with E-state index in [1.54, 1.807) is 4.57 Å². The SMILES string of the molecule is [2H]c1cc([2H])c2c(c1[2H])c1c([2H])c([2H])cc([2H])c1n2-c1cc(-c2ccccc2)c2oc3cc(-c4nc(-c5ccccc5)nc(-c5ccc6c(ccc7ccccc76)c5)n4)ccc3c2c1. The first-order valence-corrected chi connectivity index (χ1v) is 19.0. The third-order valence-corrected chi connectivity index (χ3v) is 11.0. The third-order valence-electron chi connectivity index (χ3n) is 11.0. The van der Waals surface area contributed by atoms with Gasteiger partial charge in [-0.2, -0.15) is 0 Å². The van der Waals surface area contributed by atoms with Crippen LogP contribution in [-0.2, 0) is 0 Å². The average Bonchev–Trinajstić information content (AvgIpc) is 3.90. The topological polar surface area (TPSA) is 56.7 Å². The van der Waals surface area contributed by atoms with Crippen molar-refractivity contribution in [2.24, 2.45) is 0 Å². The molecule has 3 heterocycles. The van der Waals surface area contributed by atoms with Gasteiger partial charge in [-0.15, -0.1) is 0 Å². The molecule has 3 aromatic heterocycles. The lowest BCUT2D eigenvalue weighted by molar-refractivity contribution is 0.670. The quantitative estimate of drug-likeness (QED) is 0.165. The number of hydrogen-bond acceptors (Lipinski definition) is 4. The largest absolute Gasteiger partial charge is 0.455 e. The molecule has 0 saturated carbocycles. The van der Waals surface area contributed by atoms with E-state index in [4.69, 9.17) is 27.6 Å². The van der Waals surface area contributed by atoms with Crippen LogP contribution in [0.2, 0.25) is 0 Å². The molecule has 0 saturated heterocycles. The van der Waals surface area contributed by atoms with Crippen molar-refractivity contribution in [1.82, 2.24) is 19.5 Å². The zero-order valence-electron chi connectivity index (χ0n) is 36.7. The molecule has 0 amide bonds. The van der Waals surface area contributed by atoms with Gasteiger partial charge in [0.05, 0.1) is 19.3 Å². The molecule has 270 valence electrons. The van der Waals surface area contributed by atoms with E-state index in [0.29, 0.717) is 34.3 Å². The van der Waals surface area contributed by atoms with E-state index in [-0.39, 0.29) is 58.1 Å². The van der Waals surface area contributed by atoms with Gasteiger partial charge >= 0.3 is 0 Å². The van der Waals surface area contributed by atoms with Gasteiger partial charge < -0.3 is 8.98 Å². The molecule has 0 bridgehead atoms. The van der Waals surface area contributed by atoms with Crippen molar-refractivity contribution in [3.8, 4) is 51.0 Å². The number of aromatic nitrogens is 4. The fourth-order valence-corrected chi connectivity index (χ4v) is 8.24. The van der Waals surface area contributed by atoms with Crippen molar-refractivity contribution < 1.29 is 12.6 Å². The van der Waals surface area contributed by atoms with Gasteiger partial charge in [-0.05, 0) is 69.5 Å². The Bertz CT molecular complexity index is 3850. The van der Waals surface area contributed by atoms with E-state index >= 15 is 0 Å². The number of furan rings is 1. The molecule has 0 aliphatic rings. The molecular weight excluding hydrogens is 709 g/mol. The molecule has 12 rings (SSSR count). The van der Waals surface area contributed by atoms with Crippen LogP contribution >= 0.6 is 0 Å². The normalized spacial score (nSPS) is 13.2. The first-order chi connectivity index (χ1) is 31.2. The Labute approximate surface area is 341 Å². The summed E-state index contributed by atoms with van der Waals surface area (Å²) in [7, 11) is 0. The number of para-hydroxylation sites is 2. The van der Waals surface area contributed by atoms with Gasteiger partial charge in [-0.3, -0.25) is 0 Å². The number of rotatable bonds is 5. The lowest BCUT2D eigenvalue weighted by atomic mass is 10.00. The molecule has 5 heteroatoms. The highest BCUT2D eigenvalue weighted by Gasteiger charge is 2.20. The minimum atomic E-state index is -0.165. The lowest BCUT2D eigenvalue weighted by Gasteiger charge is -2.11. The summed E-state index contributed by atoms with van der Waals surface area (Å²) in [6.07, 6.45) is 0. The molecule has 0 N–H and O–H groups in total. The van der Waals surface area contributed by atoms with E-state index < -0.39 is 0 Å². The zero-order valence-corrected chi connectivity index (χ0v) is 30.7. The molecule has 5 nitrogen and oxygen atoms in total. The Morgan fingerprint density at radius 3 is 1.72 bits per heavy atom. The fourth-order valence-electron chi connectivity index (χ4n) is 8.24. The van der Waals surface area contributed by atoms with Crippen LogP contribution in [0.15, 0.2) is 198 Å². The van der Waals surface area contributed by atoms with E-state index in [1.807, 2.05) is 97.1 Å². The number of nitrogens with zero attached hydrogens (tertiary/aromatic N) is 4. The summed E-state index contributed by atoms with van der Waals surface area (Å²) in [6.45, 7) is 0. The fraction of sp³-hybridized carbons (Fsp3) is 0. The summed E-state index contributed by atoms with van der Waals surface area (Å²) >= 11 is 0. The van der Waals surface area contributed by atoms with E-state index in [9.17, 15) is 0 Å². The van der Waals surface area contributed by atoms with Crippen molar-refractivity contribution >= 4 is 65.3 Å². The van der Waals surface area contributed by atoms with Crippen LogP contribution in [-0.4, -0.2) is 19.5 Å². The van der Waals surface area contributed by atoms with Crippen molar-refractivity contribution in [2.45, 2.75) is 0 Å². The predicted molar refractivity (Wildman–Crippen MR) is 238 cm³/mol. The van der Waals surface area contributed by atoms with Gasteiger partial charge in [0.1, 0.15) is 11.2 Å². The second-order valence-corrected chi connectivity index (χ2v) is 14.3. The Balaban J connectivity index is 1.08. The summed E-state index contributed by atoms with van der Waals surface area (Å²) in [4.78, 5) is 15.1. The Kier molecular flexibility index (Phi) is 5.94. The Morgan fingerprint density at radius 2 is 1.00 bits per heavy atom. The first-order valence-electron chi connectivity index (χ1n) is 22.0. The lowest BCUT2D eigenvalue weighted by Crippen LogP contribution is -2.00. The molecule has 58 heavy (non-hydrogen) atoms. The maximum Gasteiger partial charge on any atom is 0.164 e. The van der Waals surface area contributed by atoms with Gasteiger partial charge in [-0.1, -0.05) is 152 Å². The van der Waals surface area contributed by atoms with Crippen molar-refractivity contribution in [2.75, 3.05) is 0 Å². The van der Waals surface area contributed by atoms with Crippen molar-refractivity contribution in [3.05, 3.63) is 194 Å². The molecule has 0 aliphatic heterocycles. The van der Waals surface area contributed by atoms with E-state index in [0.717, 1.165) is 49.4 Å². The molecule has 12 aromatic rings. The van der Waals surface area contributed by atoms with Crippen LogP contribution in [0, 0.1) is 0 Å². The van der Waals surface area contributed by atoms with Crippen LogP contribution in [0.25, 0.3) is 116 Å². The summed E-state index contributed by atoms with van der Waals surface area (Å²) in [5.41, 5.74) is 6.43. The molecule has 9 aromatic carbocycles. The number of fused-ring (bicyclic) bond motifs is 9. The van der Waals surface area contributed by atoms with Gasteiger partial charge in [0.25, 0.3) is 0 Å². The first kappa shape index (κ1) is 26.8. The van der Waals surface area contributed by atoms with E-state index in [1.165, 1.54) is 22.9 Å². The van der Waals surface area contributed by atoms with Crippen LogP contribution in [0.3, 0.4) is 0 Å². The minimum Gasteiger partial charge on any atom is -0.455 e. The maximum absolute atomic E-state index is 9.08. The minimum absolute atomic E-state index is 0.0237. The predicted octanol–water partition coefficient (Wildman–Crippen LogP) is 13.8. The molecule has 0 unspecified atom stereocenters. The highest BCUT2D eigenvalue weighted by molar-refractivity contribution is 6.13. The van der Waals surface area contributed by atoms with Gasteiger partial charge in [0.15, 0.2) is 17.5 Å².